The SMILES string of the molecule is O=C(O)Cc1ccccc1NC(=O)c1cc(Cl)ccc1I. The Bertz CT molecular complexity index is 703. The lowest BCUT2D eigenvalue weighted by molar-refractivity contribution is -0.136. The van der Waals surface area contributed by atoms with Gasteiger partial charge in [0.15, 0.2) is 0 Å². The zero-order chi connectivity index (χ0) is 15.4. The van der Waals surface area contributed by atoms with E-state index < -0.39 is 5.97 Å². The highest BCUT2D eigenvalue weighted by atomic mass is 127. The molecule has 0 spiro atoms. The molecule has 1 amide bonds. The van der Waals surface area contributed by atoms with Gasteiger partial charge in [0.25, 0.3) is 5.91 Å². The lowest BCUT2D eigenvalue weighted by Crippen LogP contribution is -2.15. The lowest BCUT2D eigenvalue weighted by Gasteiger charge is -2.11. The summed E-state index contributed by atoms with van der Waals surface area (Å²) in [4.78, 5) is 23.1. The molecule has 0 aromatic heterocycles. The molecule has 0 heterocycles. The summed E-state index contributed by atoms with van der Waals surface area (Å²) >= 11 is 7.95. The van der Waals surface area contributed by atoms with Crippen LogP contribution in [0.15, 0.2) is 42.5 Å². The van der Waals surface area contributed by atoms with Gasteiger partial charge in [-0.3, -0.25) is 9.59 Å². The molecule has 0 aliphatic heterocycles. The first kappa shape index (κ1) is 15.8. The number of para-hydroxylation sites is 1. The predicted octanol–water partition coefficient (Wildman–Crippen LogP) is 3.82. The van der Waals surface area contributed by atoms with Crippen molar-refractivity contribution in [1.82, 2.24) is 0 Å². The molecule has 4 nitrogen and oxygen atoms in total. The van der Waals surface area contributed by atoms with E-state index in [0.717, 1.165) is 3.57 Å². The number of carbonyl (C=O) groups excluding carboxylic acids is 1. The number of carbonyl (C=O) groups is 2. The van der Waals surface area contributed by atoms with Crippen LogP contribution in [-0.2, 0) is 11.2 Å². The third-order valence-electron chi connectivity index (χ3n) is 2.78. The molecule has 2 aromatic rings. The van der Waals surface area contributed by atoms with Crippen molar-refractivity contribution in [2.45, 2.75) is 6.42 Å². The number of nitrogens with one attached hydrogen (secondary N) is 1. The van der Waals surface area contributed by atoms with Crippen molar-refractivity contribution in [3.05, 3.63) is 62.2 Å². The van der Waals surface area contributed by atoms with Crippen LogP contribution in [0.5, 0.6) is 0 Å². The van der Waals surface area contributed by atoms with Crippen molar-refractivity contribution in [1.29, 1.82) is 0 Å². The summed E-state index contributed by atoms with van der Waals surface area (Å²) in [6, 6.07) is 11.9. The molecule has 21 heavy (non-hydrogen) atoms. The fourth-order valence-corrected chi connectivity index (χ4v) is 2.57. The smallest absolute Gasteiger partial charge is 0.307 e. The largest absolute Gasteiger partial charge is 0.481 e. The van der Waals surface area contributed by atoms with E-state index in [2.05, 4.69) is 27.9 Å². The highest BCUT2D eigenvalue weighted by Crippen LogP contribution is 2.21. The summed E-state index contributed by atoms with van der Waals surface area (Å²) in [5, 5.41) is 12.1. The molecule has 2 rings (SSSR count). The van der Waals surface area contributed by atoms with E-state index in [1.165, 1.54) is 0 Å². The van der Waals surface area contributed by atoms with Crippen LogP contribution in [0, 0.1) is 3.57 Å². The first-order chi connectivity index (χ1) is 9.97. The van der Waals surface area contributed by atoms with Gasteiger partial charge < -0.3 is 10.4 Å². The number of carboxylic acids is 1. The Balaban J connectivity index is 2.27. The van der Waals surface area contributed by atoms with Gasteiger partial charge in [-0.2, -0.15) is 0 Å². The standard InChI is InChI=1S/C15H11ClINO3/c16-10-5-6-12(17)11(8-10)15(21)18-13-4-2-1-3-9(13)7-14(19)20/h1-6,8H,7H2,(H,18,21)(H,19,20). The second kappa shape index (κ2) is 6.91. The Morgan fingerprint density at radius 2 is 1.90 bits per heavy atom. The van der Waals surface area contributed by atoms with Crippen molar-refractivity contribution in [3.63, 3.8) is 0 Å². The number of rotatable bonds is 4. The Morgan fingerprint density at radius 1 is 1.19 bits per heavy atom. The van der Waals surface area contributed by atoms with Gasteiger partial charge in [0, 0.05) is 14.3 Å². The molecule has 0 bridgehead atoms. The number of aliphatic carboxylic acids is 1. The van der Waals surface area contributed by atoms with Crippen molar-refractivity contribution in [2.24, 2.45) is 0 Å². The van der Waals surface area contributed by atoms with Gasteiger partial charge in [0.05, 0.1) is 12.0 Å². The van der Waals surface area contributed by atoms with Crippen molar-refractivity contribution in [2.75, 3.05) is 5.32 Å². The number of anilines is 1. The summed E-state index contributed by atoms with van der Waals surface area (Å²) in [6.07, 6.45) is -0.150. The quantitative estimate of drug-likeness (QED) is 0.746. The van der Waals surface area contributed by atoms with Crippen molar-refractivity contribution in [3.8, 4) is 0 Å². The molecule has 0 aliphatic rings. The lowest BCUT2D eigenvalue weighted by atomic mass is 10.1. The molecular formula is C15H11ClINO3. The van der Waals surface area contributed by atoms with E-state index in [1.54, 1.807) is 42.5 Å². The number of carboxylic acid groups (broad SMARTS) is 1. The average Bonchev–Trinajstić information content (AvgIpc) is 2.43. The van der Waals surface area contributed by atoms with Gasteiger partial charge in [-0.15, -0.1) is 0 Å². The van der Waals surface area contributed by atoms with Gasteiger partial charge in [-0.05, 0) is 52.4 Å². The minimum atomic E-state index is -0.950. The summed E-state index contributed by atoms with van der Waals surface area (Å²) in [5.74, 6) is -1.27. The Hall–Kier alpha value is -1.60. The number of benzene rings is 2. The Morgan fingerprint density at radius 3 is 2.62 bits per heavy atom. The van der Waals surface area contributed by atoms with Gasteiger partial charge >= 0.3 is 5.97 Å². The molecule has 0 fully saturated rings. The molecule has 0 saturated carbocycles. The molecule has 0 unspecified atom stereocenters. The Labute approximate surface area is 140 Å². The highest BCUT2D eigenvalue weighted by Gasteiger charge is 2.13. The van der Waals surface area contributed by atoms with Gasteiger partial charge in [-0.25, -0.2) is 0 Å². The fourth-order valence-electron chi connectivity index (χ4n) is 1.82. The van der Waals surface area contributed by atoms with Crippen molar-refractivity contribution < 1.29 is 14.7 Å². The van der Waals surface area contributed by atoms with Crippen molar-refractivity contribution >= 4 is 51.8 Å². The minimum absolute atomic E-state index is 0.150. The van der Waals surface area contributed by atoms with Crippen LogP contribution in [0.1, 0.15) is 15.9 Å². The maximum absolute atomic E-state index is 12.3. The first-order valence-electron chi connectivity index (χ1n) is 6.03. The van der Waals surface area contributed by atoms with E-state index in [0.29, 0.717) is 21.8 Å². The normalized spacial score (nSPS) is 10.2. The number of halogens is 2. The van der Waals surface area contributed by atoms with Crippen LogP contribution in [-0.4, -0.2) is 17.0 Å². The van der Waals surface area contributed by atoms with Gasteiger partial charge in [-0.1, -0.05) is 29.8 Å². The predicted molar refractivity (Wildman–Crippen MR) is 89.9 cm³/mol. The summed E-state index contributed by atoms with van der Waals surface area (Å²) in [7, 11) is 0. The highest BCUT2D eigenvalue weighted by molar-refractivity contribution is 14.1. The van der Waals surface area contributed by atoms with Crippen LogP contribution in [0.25, 0.3) is 0 Å². The molecule has 0 aliphatic carbocycles. The second-order valence-electron chi connectivity index (χ2n) is 4.31. The van der Waals surface area contributed by atoms with E-state index in [-0.39, 0.29) is 12.3 Å². The number of hydrogen-bond acceptors (Lipinski definition) is 2. The number of hydrogen-bond donors (Lipinski definition) is 2. The fraction of sp³-hybridized carbons (Fsp3) is 0.0667. The zero-order valence-electron chi connectivity index (χ0n) is 10.8. The van der Waals surface area contributed by atoms with Gasteiger partial charge in [0.1, 0.15) is 0 Å². The second-order valence-corrected chi connectivity index (χ2v) is 5.90. The third kappa shape index (κ3) is 4.18. The minimum Gasteiger partial charge on any atom is -0.481 e. The van der Waals surface area contributed by atoms with E-state index in [1.807, 2.05) is 0 Å². The number of amides is 1. The molecule has 0 atom stereocenters. The molecule has 108 valence electrons. The molecular weight excluding hydrogens is 405 g/mol. The zero-order valence-corrected chi connectivity index (χ0v) is 13.7. The van der Waals surface area contributed by atoms with Crippen LogP contribution >= 0.6 is 34.2 Å². The third-order valence-corrected chi connectivity index (χ3v) is 3.96. The van der Waals surface area contributed by atoms with E-state index >= 15 is 0 Å². The molecule has 6 heteroatoms. The first-order valence-corrected chi connectivity index (χ1v) is 7.49. The van der Waals surface area contributed by atoms with Gasteiger partial charge in [0.2, 0.25) is 0 Å². The Kier molecular flexibility index (Phi) is 5.19. The van der Waals surface area contributed by atoms with Crippen LogP contribution < -0.4 is 5.32 Å². The van der Waals surface area contributed by atoms with E-state index in [9.17, 15) is 9.59 Å². The van der Waals surface area contributed by atoms with E-state index in [4.69, 9.17) is 16.7 Å². The van der Waals surface area contributed by atoms with Crippen LogP contribution in [0.4, 0.5) is 5.69 Å². The summed E-state index contributed by atoms with van der Waals surface area (Å²) in [5.41, 5.74) is 1.49. The average molecular weight is 416 g/mol. The maximum Gasteiger partial charge on any atom is 0.307 e. The molecule has 2 aromatic carbocycles. The topological polar surface area (TPSA) is 66.4 Å². The monoisotopic (exact) mass is 415 g/mol. The molecule has 0 radical (unpaired) electrons. The summed E-state index contributed by atoms with van der Waals surface area (Å²) in [6.45, 7) is 0. The molecule has 0 saturated heterocycles. The van der Waals surface area contributed by atoms with Crippen LogP contribution in [0.3, 0.4) is 0 Å². The van der Waals surface area contributed by atoms with Crippen LogP contribution in [0.2, 0.25) is 5.02 Å². The maximum atomic E-state index is 12.3. The summed E-state index contributed by atoms with van der Waals surface area (Å²) < 4.78 is 0.769. The molecule has 2 N–H and O–H groups in total.